The van der Waals surface area contributed by atoms with Crippen molar-refractivity contribution in [3.63, 3.8) is 0 Å². The Morgan fingerprint density at radius 2 is 0.839 bits per heavy atom. The van der Waals surface area contributed by atoms with E-state index in [2.05, 4.69) is 121 Å². The van der Waals surface area contributed by atoms with Crippen molar-refractivity contribution in [2.45, 2.75) is 4.25 Å². The van der Waals surface area contributed by atoms with Crippen LogP contribution in [0.1, 0.15) is 0 Å². The third-order valence-electron chi connectivity index (χ3n) is 4.97. The van der Waals surface area contributed by atoms with Crippen molar-refractivity contribution in [1.29, 1.82) is 0 Å². The zero-order valence-corrected chi connectivity index (χ0v) is 21.8. The first-order valence-corrected chi connectivity index (χ1v) is 18.1. The maximum absolute atomic E-state index is 6.88. The molecule has 0 spiro atoms. The summed E-state index contributed by atoms with van der Waals surface area (Å²) in [6.45, 7) is 0. The molecule has 0 aliphatic carbocycles. The third kappa shape index (κ3) is 6.05. The van der Waals surface area contributed by atoms with Crippen molar-refractivity contribution < 1.29 is 14.0 Å². The summed E-state index contributed by atoms with van der Waals surface area (Å²) in [6.07, 6.45) is 0.999. The number of rotatable bonds is 8. The molecule has 4 aromatic carbocycles. The summed E-state index contributed by atoms with van der Waals surface area (Å²) in [6, 6.07) is 43.3. The molecule has 0 fully saturated rings. The summed E-state index contributed by atoms with van der Waals surface area (Å²) in [5.74, 6) is 0. The first-order chi connectivity index (χ1) is 15.2. The van der Waals surface area contributed by atoms with Gasteiger partial charge < -0.3 is 0 Å². The molecule has 0 saturated heterocycles. The molecule has 4 aromatic rings. The van der Waals surface area contributed by atoms with Crippen LogP contribution in [0.15, 0.2) is 121 Å². The summed E-state index contributed by atoms with van der Waals surface area (Å²) in [7, 11) is 12.5. The van der Waals surface area contributed by atoms with E-state index in [1.165, 1.54) is 21.2 Å². The number of halogens is 2. The molecule has 1 unspecified atom stereocenters. The fourth-order valence-corrected chi connectivity index (χ4v) is 16.8. The minimum absolute atomic E-state index is 0.264. The quantitative estimate of drug-likeness (QED) is 0.167. The van der Waals surface area contributed by atoms with E-state index in [4.69, 9.17) is 19.4 Å². The van der Waals surface area contributed by atoms with Crippen LogP contribution in [0, 0.1) is 0 Å². The van der Waals surface area contributed by atoms with Gasteiger partial charge in [0.25, 0.3) is 0 Å². The second-order valence-electron chi connectivity index (χ2n) is 6.92. The van der Waals surface area contributed by atoms with Gasteiger partial charge in [0.15, 0.2) is 0 Å². The molecule has 0 nitrogen and oxygen atoms in total. The first-order valence-electron chi connectivity index (χ1n) is 9.96. The van der Waals surface area contributed by atoms with Gasteiger partial charge in [-0.15, -0.1) is 0 Å². The van der Waals surface area contributed by atoms with Crippen LogP contribution in [-0.2, 0) is 14.0 Å². The van der Waals surface area contributed by atoms with E-state index in [-0.39, 0.29) is 4.25 Å². The Hall–Kier alpha value is -1.06. The van der Waals surface area contributed by atoms with Crippen molar-refractivity contribution in [3.8, 4) is 0 Å². The van der Waals surface area contributed by atoms with E-state index in [1.54, 1.807) is 0 Å². The first kappa shape index (κ1) is 23.1. The van der Waals surface area contributed by atoms with Crippen LogP contribution in [0.25, 0.3) is 0 Å². The SMILES string of the molecule is [Cl][Rh]([Cl])[CH](CP(c1ccccc1)c1ccccc1)P(c1ccccc1)c1ccccc1. The van der Waals surface area contributed by atoms with Gasteiger partial charge in [-0.25, -0.2) is 0 Å². The summed E-state index contributed by atoms with van der Waals surface area (Å²) in [5, 5.41) is 5.46. The Morgan fingerprint density at radius 1 is 0.516 bits per heavy atom. The van der Waals surface area contributed by atoms with Crippen LogP contribution in [0.3, 0.4) is 0 Å². The standard InChI is InChI=1S/C26H23P2.2ClH.Rh/c1-5-13-23(14-6-1)27(24-15-7-2-8-16-24)21-22-28(25-17-9-3-10-18-25)26-19-11-4-12-20-26;;;/h1-21H,22H2;2*1H;/q;;;+2/p-2. The van der Waals surface area contributed by atoms with E-state index >= 15 is 0 Å². The van der Waals surface area contributed by atoms with E-state index in [1.807, 2.05) is 0 Å². The normalized spacial score (nSPS) is 12.7. The summed E-state index contributed by atoms with van der Waals surface area (Å²) < 4.78 is 0.264. The Morgan fingerprint density at radius 3 is 1.16 bits per heavy atom. The molecule has 4 rings (SSSR count). The van der Waals surface area contributed by atoms with E-state index in [9.17, 15) is 0 Å². The molecule has 160 valence electrons. The Bertz CT molecular complexity index is 969. The van der Waals surface area contributed by atoms with Gasteiger partial charge in [-0.3, -0.25) is 0 Å². The van der Waals surface area contributed by atoms with Gasteiger partial charge in [0.2, 0.25) is 0 Å². The summed E-state index contributed by atoms with van der Waals surface area (Å²) >= 11 is -1.90. The van der Waals surface area contributed by atoms with Crippen molar-refractivity contribution in [3.05, 3.63) is 121 Å². The van der Waals surface area contributed by atoms with E-state index in [0.717, 1.165) is 6.16 Å². The van der Waals surface area contributed by atoms with Gasteiger partial charge in [-0.2, -0.15) is 0 Å². The van der Waals surface area contributed by atoms with Crippen LogP contribution in [0.2, 0.25) is 0 Å². The molecular weight excluding hydrogens is 548 g/mol. The van der Waals surface area contributed by atoms with Crippen molar-refractivity contribution in [2.24, 2.45) is 0 Å². The number of hydrogen-bond acceptors (Lipinski definition) is 0. The Balaban J connectivity index is 1.78. The van der Waals surface area contributed by atoms with Crippen molar-refractivity contribution >= 4 is 56.4 Å². The van der Waals surface area contributed by atoms with Crippen LogP contribution in [0.5, 0.6) is 0 Å². The monoisotopic (exact) mass is 570 g/mol. The molecule has 0 aliphatic rings. The molecule has 0 radical (unpaired) electrons. The zero-order chi connectivity index (χ0) is 21.5. The average molecular weight is 571 g/mol. The molecule has 0 amide bonds. The molecule has 5 heteroatoms. The predicted molar refractivity (Wildman–Crippen MR) is 139 cm³/mol. The summed E-state index contributed by atoms with van der Waals surface area (Å²) in [5.41, 5.74) is 0. The molecule has 0 aliphatic heterocycles. The molecule has 0 bridgehead atoms. The molecule has 0 heterocycles. The molecule has 31 heavy (non-hydrogen) atoms. The van der Waals surface area contributed by atoms with Crippen molar-refractivity contribution in [2.75, 3.05) is 6.16 Å². The van der Waals surface area contributed by atoms with Gasteiger partial charge in [0.05, 0.1) is 0 Å². The van der Waals surface area contributed by atoms with Crippen molar-refractivity contribution in [1.82, 2.24) is 0 Å². The molecular formula is C26H23Cl2P2Rh. The summed E-state index contributed by atoms with van der Waals surface area (Å²) in [4.78, 5) is 0. The van der Waals surface area contributed by atoms with Gasteiger partial charge in [0.1, 0.15) is 0 Å². The van der Waals surface area contributed by atoms with Gasteiger partial charge in [0, 0.05) is 0 Å². The van der Waals surface area contributed by atoms with Crippen LogP contribution in [-0.4, -0.2) is 10.4 Å². The molecule has 0 aromatic heterocycles. The third-order valence-corrected chi connectivity index (χ3v) is 17.5. The fourth-order valence-electron chi connectivity index (χ4n) is 3.55. The minimum atomic E-state index is -1.90. The van der Waals surface area contributed by atoms with Crippen LogP contribution < -0.4 is 21.2 Å². The van der Waals surface area contributed by atoms with E-state index in [0.29, 0.717) is 0 Å². The average Bonchev–Trinajstić information content (AvgIpc) is 2.84. The molecule has 1 atom stereocenters. The second-order valence-corrected chi connectivity index (χ2v) is 18.3. The molecule has 0 saturated carbocycles. The zero-order valence-electron chi connectivity index (χ0n) is 16.8. The van der Waals surface area contributed by atoms with Crippen LogP contribution in [0.4, 0.5) is 0 Å². The Kier molecular flexibility index (Phi) is 8.73. The van der Waals surface area contributed by atoms with E-state index < -0.39 is 29.8 Å². The Labute approximate surface area is 201 Å². The second kappa shape index (κ2) is 11.7. The van der Waals surface area contributed by atoms with Crippen LogP contribution >= 0.6 is 35.2 Å². The number of hydrogen-bond donors (Lipinski definition) is 0. The molecule has 0 N–H and O–H groups in total. The van der Waals surface area contributed by atoms with Gasteiger partial charge in [-0.1, -0.05) is 0 Å². The maximum atomic E-state index is 6.88. The van der Waals surface area contributed by atoms with Gasteiger partial charge >= 0.3 is 202 Å². The fraction of sp³-hybridized carbons (Fsp3) is 0.0769. The topological polar surface area (TPSA) is 0 Å². The van der Waals surface area contributed by atoms with Gasteiger partial charge in [-0.05, 0) is 0 Å². The predicted octanol–water partition coefficient (Wildman–Crippen LogP) is 6.50. The number of benzene rings is 4.